The second kappa shape index (κ2) is 7.18. The van der Waals surface area contributed by atoms with Crippen molar-refractivity contribution in [1.29, 1.82) is 0 Å². The van der Waals surface area contributed by atoms with Gasteiger partial charge in [-0.2, -0.15) is 0 Å². The minimum Gasteiger partial charge on any atom is -0.501 e. The number of nitrogens with zero attached hydrogens (tertiary/aromatic N) is 4. The van der Waals surface area contributed by atoms with E-state index in [0.717, 1.165) is 6.42 Å². The quantitative estimate of drug-likeness (QED) is 0.707. The highest BCUT2D eigenvalue weighted by molar-refractivity contribution is 6.04. The van der Waals surface area contributed by atoms with Crippen molar-refractivity contribution >= 4 is 17.5 Å². The predicted octanol–water partition coefficient (Wildman–Crippen LogP) is 1.72. The topological polar surface area (TPSA) is 113 Å². The third-order valence-electron chi connectivity index (χ3n) is 4.89. The van der Waals surface area contributed by atoms with Gasteiger partial charge in [0.1, 0.15) is 12.0 Å². The molecule has 9 nitrogen and oxygen atoms in total. The van der Waals surface area contributed by atoms with Crippen molar-refractivity contribution in [2.24, 2.45) is 7.05 Å². The molecule has 2 N–H and O–H groups in total. The zero-order chi connectivity index (χ0) is 19.7. The van der Waals surface area contributed by atoms with Crippen LogP contribution in [-0.4, -0.2) is 38.8 Å². The first-order valence-electron chi connectivity index (χ1n) is 8.85. The maximum Gasteiger partial charge on any atom is 0.297 e. The van der Waals surface area contributed by atoms with Crippen LogP contribution < -0.4 is 15.8 Å². The number of benzene rings is 1. The van der Waals surface area contributed by atoms with Crippen LogP contribution in [0.5, 0.6) is 5.75 Å². The summed E-state index contributed by atoms with van der Waals surface area (Å²) in [6.07, 6.45) is 3.45. The monoisotopic (exact) mass is 381 g/mol. The Bertz CT molecular complexity index is 1050. The van der Waals surface area contributed by atoms with Crippen LogP contribution in [0.2, 0.25) is 0 Å². The number of hydrogen-bond acceptors (Lipinski definition) is 7. The van der Waals surface area contributed by atoms with Gasteiger partial charge < -0.3 is 19.8 Å². The van der Waals surface area contributed by atoms with E-state index >= 15 is 0 Å². The van der Waals surface area contributed by atoms with Crippen molar-refractivity contribution in [2.45, 2.75) is 12.3 Å². The summed E-state index contributed by atoms with van der Waals surface area (Å²) in [5.41, 5.74) is 0.518. The number of carbonyl (C=O) groups excluding carboxylic acids is 1. The fourth-order valence-corrected chi connectivity index (χ4v) is 3.42. The van der Waals surface area contributed by atoms with Gasteiger partial charge in [0.05, 0.1) is 6.20 Å². The number of nitrogens with one attached hydrogen (secondary N) is 1. The SMILES string of the molecule is Cn1c(N2CCC(c3ccccc3)C2)nc(C(=O)Nc2cnoc2)c(O)c1=O. The number of amides is 1. The van der Waals surface area contributed by atoms with Gasteiger partial charge in [-0.05, 0) is 12.0 Å². The van der Waals surface area contributed by atoms with Crippen molar-refractivity contribution in [3.8, 4) is 5.75 Å². The molecule has 2 aromatic heterocycles. The van der Waals surface area contributed by atoms with E-state index in [-0.39, 0.29) is 5.69 Å². The summed E-state index contributed by atoms with van der Waals surface area (Å²) in [5, 5.41) is 16.1. The number of carbonyl (C=O) groups is 1. The van der Waals surface area contributed by atoms with Gasteiger partial charge in [-0.25, -0.2) is 4.98 Å². The lowest BCUT2D eigenvalue weighted by molar-refractivity contribution is 0.101. The second-order valence-corrected chi connectivity index (χ2v) is 6.68. The van der Waals surface area contributed by atoms with Gasteiger partial charge in [0, 0.05) is 26.1 Å². The van der Waals surface area contributed by atoms with Crippen molar-refractivity contribution < 1.29 is 14.4 Å². The van der Waals surface area contributed by atoms with Gasteiger partial charge in [0.15, 0.2) is 5.69 Å². The van der Waals surface area contributed by atoms with E-state index in [9.17, 15) is 14.7 Å². The maximum absolute atomic E-state index is 12.5. The molecule has 3 heterocycles. The van der Waals surface area contributed by atoms with Crippen molar-refractivity contribution in [3.63, 3.8) is 0 Å². The first-order chi connectivity index (χ1) is 13.5. The number of hydrogen-bond donors (Lipinski definition) is 2. The number of aromatic nitrogens is 3. The van der Waals surface area contributed by atoms with Crippen molar-refractivity contribution in [2.75, 3.05) is 23.3 Å². The average Bonchev–Trinajstić information content (AvgIpc) is 3.39. The zero-order valence-corrected chi connectivity index (χ0v) is 15.2. The molecule has 28 heavy (non-hydrogen) atoms. The molecule has 1 amide bonds. The van der Waals surface area contributed by atoms with Gasteiger partial charge in [0.2, 0.25) is 11.7 Å². The van der Waals surface area contributed by atoms with Crippen LogP contribution in [0.15, 0.2) is 52.1 Å². The molecule has 144 valence electrons. The minimum absolute atomic E-state index is 0.304. The Labute approximate surface area is 160 Å². The second-order valence-electron chi connectivity index (χ2n) is 6.68. The van der Waals surface area contributed by atoms with E-state index < -0.39 is 17.2 Å². The smallest absolute Gasteiger partial charge is 0.297 e. The van der Waals surface area contributed by atoms with E-state index in [1.807, 2.05) is 23.1 Å². The number of anilines is 2. The first kappa shape index (κ1) is 17.8. The summed E-state index contributed by atoms with van der Waals surface area (Å²) in [6.45, 7) is 1.36. The molecular weight excluding hydrogens is 362 g/mol. The van der Waals surface area contributed by atoms with Gasteiger partial charge >= 0.3 is 0 Å². The number of rotatable bonds is 4. The molecule has 1 aliphatic heterocycles. The lowest BCUT2D eigenvalue weighted by atomic mass is 9.99. The summed E-state index contributed by atoms with van der Waals surface area (Å²) in [5.74, 6) is -0.754. The summed E-state index contributed by atoms with van der Waals surface area (Å²) < 4.78 is 5.92. The van der Waals surface area contributed by atoms with E-state index in [4.69, 9.17) is 0 Å². The Hall–Kier alpha value is -3.62. The Morgan fingerprint density at radius 1 is 1.32 bits per heavy atom. The molecule has 0 radical (unpaired) electrons. The molecule has 1 aromatic carbocycles. The molecule has 1 unspecified atom stereocenters. The van der Waals surface area contributed by atoms with Crippen molar-refractivity contribution in [3.05, 3.63) is 64.4 Å². The Kier molecular flexibility index (Phi) is 4.56. The van der Waals surface area contributed by atoms with Crippen LogP contribution in [0.1, 0.15) is 28.4 Å². The molecule has 9 heteroatoms. The van der Waals surface area contributed by atoms with Crippen molar-refractivity contribution in [1.82, 2.24) is 14.7 Å². The minimum atomic E-state index is -0.710. The molecule has 1 fully saturated rings. The maximum atomic E-state index is 12.5. The van der Waals surface area contributed by atoms with Crippen LogP contribution in [0.3, 0.4) is 0 Å². The highest BCUT2D eigenvalue weighted by Gasteiger charge is 2.29. The fourth-order valence-electron chi connectivity index (χ4n) is 3.42. The third-order valence-corrected chi connectivity index (χ3v) is 4.89. The van der Waals surface area contributed by atoms with Crippen LogP contribution >= 0.6 is 0 Å². The summed E-state index contributed by atoms with van der Waals surface area (Å²) in [7, 11) is 1.53. The van der Waals surface area contributed by atoms with Crippen LogP contribution in [0.4, 0.5) is 11.6 Å². The average molecular weight is 381 g/mol. The van der Waals surface area contributed by atoms with E-state index in [1.54, 1.807) is 0 Å². The molecule has 1 atom stereocenters. The number of aromatic hydroxyl groups is 1. The lowest BCUT2D eigenvalue weighted by Crippen LogP contribution is -2.32. The van der Waals surface area contributed by atoms with E-state index in [1.165, 1.54) is 29.6 Å². The largest absolute Gasteiger partial charge is 0.501 e. The zero-order valence-electron chi connectivity index (χ0n) is 15.2. The highest BCUT2D eigenvalue weighted by Crippen LogP contribution is 2.30. The summed E-state index contributed by atoms with van der Waals surface area (Å²) in [6, 6.07) is 10.1. The van der Waals surface area contributed by atoms with Gasteiger partial charge in [-0.1, -0.05) is 35.5 Å². The van der Waals surface area contributed by atoms with Crippen LogP contribution in [0.25, 0.3) is 0 Å². The fraction of sp³-hybridized carbons (Fsp3) is 0.263. The lowest BCUT2D eigenvalue weighted by Gasteiger charge is -2.21. The molecule has 0 saturated carbocycles. The van der Waals surface area contributed by atoms with Gasteiger partial charge in [0.25, 0.3) is 11.5 Å². The first-order valence-corrected chi connectivity index (χ1v) is 8.85. The predicted molar refractivity (Wildman–Crippen MR) is 102 cm³/mol. The third kappa shape index (κ3) is 3.22. The standard InChI is InChI=1S/C19H19N5O4/c1-23-18(27)16(25)15(17(26)21-14-9-20-28-11-14)22-19(23)24-8-7-13(10-24)12-5-3-2-4-6-12/h2-6,9,11,13,25H,7-8,10H2,1H3,(H,21,26). The molecule has 1 aliphatic rings. The summed E-state index contributed by atoms with van der Waals surface area (Å²) in [4.78, 5) is 31.2. The Morgan fingerprint density at radius 2 is 2.11 bits per heavy atom. The van der Waals surface area contributed by atoms with Crippen LogP contribution in [0, 0.1) is 0 Å². The highest BCUT2D eigenvalue weighted by atomic mass is 16.5. The molecule has 0 aliphatic carbocycles. The van der Waals surface area contributed by atoms with Gasteiger partial charge in [-0.3, -0.25) is 14.2 Å². The van der Waals surface area contributed by atoms with E-state index in [2.05, 4.69) is 32.1 Å². The summed E-state index contributed by atoms with van der Waals surface area (Å²) >= 11 is 0. The molecule has 4 rings (SSSR count). The van der Waals surface area contributed by atoms with Crippen LogP contribution in [-0.2, 0) is 7.05 Å². The van der Waals surface area contributed by atoms with Gasteiger partial charge in [-0.15, -0.1) is 0 Å². The molecule has 3 aromatic rings. The molecule has 1 saturated heterocycles. The molecule has 0 spiro atoms. The Balaban J connectivity index is 1.63. The van der Waals surface area contributed by atoms with E-state index in [0.29, 0.717) is 30.6 Å². The normalized spacial score (nSPS) is 16.3. The molecule has 0 bridgehead atoms. The Morgan fingerprint density at radius 3 is 2.82 bits per heavy atom. The molecular formula is C19H19N5O4.